The van der Waals surface area contributed by atoms with Crippen molar-refractivity contribution in [2.24, 2.45) is 5.92 Å². The van der Waals surface area contributed by atoms with E-state index in [9.17, 15) is 4.79 Å². The highest BCUT2D eigenvalue weighted by Gasteiger charge is 2.37. The number of carbonyl (C=O) groups excluding carboxylic acids is 1. The Bertz CT molecular complexity index is 650. The van der Waals surface area contributed by atoms with Crippen LogP contribution in [0.15, 0.2) is 36.7 Å². The number of nitrogens with zero attached hydrogens (tertiary/aromatic N) is 1. The summed E-state index contributed by atoms with van der Waals surface area (Å²) < 4.78 is 0. The van der Waals surface area contributed by atoms with E-state index in [4.69, 9.17) is 0 Å². The molecule has 3 heterocycles. The Morgan fingerprint density at radius 2 is 1.95 bits per heavy atom. The average molecular weight is 266 g/mol. The van der Waals surface area contributed by atoms with E-state index in [0.29, 0.717) is 17.9 Å². The summed E-state index contributed by atoms with van der Waals surface area (Å²) in [5, 5.41) is 5.69. The Balaban J connectivity index is 1.70. The summed E-state index contributed by atoms with van der Waals surface area (Å²) in [6, 6.07) is 9.02. The van der Waals surface area contributed by atoms with Crippen LogP contribution < -0.4 is 5.32 Å². The molecular formula is C17H18N2O. The van der Waals surface area contributed by atoms with E-state index in [1.54, 1.807) is 6.20 Å². The second-order valence-electron chi connectivity index (χ2n) is 6.07. The smallest absolute Gasteiger partial charge is 0.166 e. The van der Waals surface area contributed by atoms with Crippen molar-refractivity contribution in [2.75, 3.05) is 0 Å². The minimum atomic E-state index is 0.188. The predicted molar refractivity (Wildman–Crippen MR) is 78.7 cm³/mol. The number of carbonyl (C=O) groups is 1. The van der Waals surface area contributed by atoms with Crippen molar-refractivity contribution in [3.05, 3.63) is 42.2 Å². The number of aromatic nitrogens is 1. The Hall–Kier alpha value is -1.74. The standard InChI is InChI=1S/C17H18N2O/c20-17(12-8-13-4-5-14(9-12)19-13)16-3-1-2-11-10-18-7-6-15(11)16/h1-3,6-7,10,12-14,19H,4-5,8-9H2. The lowest BCUT2D eigenvalue weighted by molar-refractivity contribution is 0.0877. The van der Waals surface area contributed by atoms with E-state index < -0.39 is 0 Å². The van der Waals surface area contributed by atoms with Crippen LogP contribution in [0.25, 0.3) is 10.8 Å². The lowest BCUT2D eigenvalue weighted by Gasteiger charge is -2.28. The topological polar surface area (TPSA) is 42.0 Å². The van der Waals surface area contributed by atoms with Gasteiger partial charge in [0.1, 0.15) is 0 Å². The fourth-order valence-electron chi connectivity index (χ4n) is 3.83. The number of Topliss-reactive ketones (excluding diaryl/α,β-unsaturated/α-hetero) is 1. The van der Waals surface area contributed by atoms with Gasteiger partial charge in [-0.15, -0.1) is 0 Å². The zero-order valence-electron chi connectivity index (χ0n) is 11.4. The van der Waals surface area contributed by atoms with Crippen LogP contribution in [-0.4, -0.2) is 22.9 Å². The highest BCUT2D eigenvalue weighted by atomic mass is 16.1. The molecule has 0 aliphatic carbocycles. The molecule has 2 atom stereocenters. The van der Waals surface area contributed by atoms with Gasteiger partial charge in [-0.25, -0.2) is 0 Å². The molecule has 0 amide bonds. The normalized spacial score (nSPS) is 28.7. The fourth-order valence-corrected chi connectivity index (χ4v) is 3.83. The van der Waals surface area contributed by atoms with Crippen molar-refractivity contribution in [3.63, 3.8) is 0 Å². The van der Waals surface area contributed by atoms with E-state index in [1.807, 2.05) is 30.5 Å². The van der Waals surface area contributed by atoms with E-state index in [1.165, 1.54) is 12.8 Å². The van der Waals surface area contributed by atoms with E-state index >= 15 is 0 Å². The molecule has 1 aromatic heterocycles. The number of piperidine rings is 1. The van der Waals surface area contributed by atoms with E-state index in [0.717, 1.165) is 29.2 Å². The first-order chi connectivity index (χ1) is 9.81. The zero-order chi connectivity index (χ0) is 13.5. The SMILES string of the molecule is O=C(c1cccc2cnccc12)C1CC2CCC(C1)N2. The van der Waals surface area contributed by atoms with Gasteiger partial charge in [-0.2, -0.15) is 0 Å². The Morgan fingerprint density at radius 1 is 1.15 bits per heavy atom. The number of nitrogens with one attached hydrogen (secondary N) is 1. The molecule has 102 valence electrons. The lowest BCUT2D eigenvalue weighted by Crippen LogP contribution is -2.40. The first-order valence-corrected chi connectivity index (χ1v) is 7.44. The number of benzene rings is 1. The third kappa shape index (κ3) is 1.93. The van der Waals surface area contributed by atoms with Crippen molar-refractivity contribution < 1.29 is 4.79 Å². The van der Waals surface area contributed by atoms with Crippen LogP contribution in [-0.2, 0) is 0 Å². The summed E-state index contributed by atoms with van der Waals surface area (Å²) in [6.45, 7) is 0. The molecule has 0 spiro atoms. The molecule has 2 aliphatic heterocycles. The molecule has 2 aliphatic rings. The minimum Gasteiger partial charge on any atom is -0.311 e. The number of hydrogen-bond donors (Lipinski definition) is 1. The molecule has 0 radical (unpaired) electrons. The molecule has 1 aromatic carbocycles. The molecule has 3 heteroatoms. The van der Waals surface area contributed by atoms with Crippen molar-refractivity contribution in [2.45, 2.75) is 37.8 Å². The molecule has 20 heavy (non-hydrogen) atoms. The quantitative estimate of drug-likeness (QED) is 0.850. The molecule has 2 bridgehead atoms. The van der Waals surface area contributed by atoms with Gasteiger partial charge >= 0.3 is 0 Å². The van der Waals surface area contributed by atoms with Gasteiger partial charge in [0, 0.05) is 41.3 Å². The third-order valence-corrected chi connectivity index (χ3v) is 4.79. The molecule has 2 fully saturated rings. The van der Waals surface area contributed by atoms with Crippen LogP contribution in [0, 0.1) is 5.92 Å². The van der Waals surface area contributed by atoms with Crippen LogP contribution >= 0.6 is 0 Å². The van der Waals surface area contributed by atoms with Gasteiger partial charge < -0.3 is 5.32 Å². The number of pyridine rings is 1. The maximum absolute atomic E-state index is 12.9. The van der Waals surface area contributed by atoms with Gasteiger partial charge in [0.2, 0.25) is 0 Å². The average Bonchev–Trinajstić information content (AvgIpc) is 2.84. The van der Waals surface area contributed by atoms with E-state index in [-0.39, 0.29) is 5.92 Å². The number of rotatable bonds is 2. The third-order valence-electron chi connectivity index (χ3n) is 4.79. The maximum Gasteiger partial charge on any atom is 0.166 e. The van der Waals surface area contributed by atoms with Gasteiger partial charge in [0.05, 0.1) is 0 Å². The van der Waals surface area contributed by atoms with Crippen molar-refractivity contribution in [1.29, 1.82) is 0 Å². The van der Waals surface area contributed by atoms with Crippen molar-refractivity contribution >= 4 is 16.6 Å². The van der Waals surface area contributed by atoms with Gasteiger partial charge in [-0.1, -0.05) is 18.2 Å². The van der Waals surface area contributed by atoms with Gasteiger partial charge in [-0.3, -0.25) is 9.78 Å². The first kappa shape index (κ1) is 12.0. The maximum atomic E-state index is 12.9. The summed E-state index contributed by atoms with van der Waals surface area (Å²) in [7, 11) is 0. The summed E-state index contributed by atoms with van der Waals surface area (Å²) in [5.41, 5.74) is 0.871. The summed E-state index contributed by atoms with van der Waals surface area (Å²) in [6.07, 6.45) is 8.05. The Labute approximate surface area is 118 Å². The predicted octanol–water partition coefficient (Wildman–Crippen LogP) is 2.95. The lowest BCUT2D eigenvalue weighted by atomic mass is 9.85. The van der Waals surface area contributed by atoms with Crippen molar-refractivity contribution in [1.82, 2.24) is 10.3 Å². The van der Waals surface area contributed by atoms with Crippen LogP contribution in [0.4, 0.5) is 0 Å². The van der Waals surface area contributed by atoms with Crippen LogP contribution in [0.1, 0.15) is 36.0 Å². The number of hydrogen-bond acceptors (Lipinski definition) is 3. The fraction of sp³-hybridized carbons (Fsp3) is 0.412. The highest BCUT2D eigenvalue weighted by molar-refractivity contribution is 6.09. The number of fused-ring (bicyclic) bond motifs is 3. The van der Waals surface area contributed by atoms with Gasteiger partial charge in [-0.05, 0) is 37.1 Å². The van der Waals surface area contributed by atoms with Crippen LogP contribution in [0.5, 0.6) is 0 Å². The number of ketones is 1. The molecule has 2 aromatic rings. The highest BCUT2D eigenvalue weighted by Crippen LogP contribution is 2.34. The molecule has 2 unspecified atom stereocenters. The summed E-state index contributed by atoms with van der Waals surface area (Å²) >= 11 is 0. The second kappa shape index (κ2) is 4.67. The first-order valence-electron chi connectivity index (χ1n) is 7.44. The zero-order valence-corrected chi connectivity index (χ0v) is 11.4. The molecular weight excluding hydrogens is 248 g/mol. The second-order valence-corrected chi connectivity index (χ2v) is 6.07. The Morgan fingerprint density at radius 3 is 2.75 bits per heavy atom. The van der Waals surface area contributed by atoms with E-state index in [2.05, 4.69) is 10.3 Å². The van der Waals surface area contributed by atoms with Crippen molar-refractivity contribution in [3.8, 4) is 0 Å². The Kier molecular flexibility index (Phi) is 2.81. The van der Waals surface area contributed by atoms with Gasteiger partial charge in [0.25, 0.3) is 0 Å². The molecule has 2 saturated heterocycles. The molecule has 4 rings (SSSR count). The van der Waals surface area contributed by atoms with Crippen LogP contribution in [0.2, 0.25) is 0 Å². The molecule has 0 saturated carbocycles. The summed E-state index contributed by atoms with van der Waals surface area (Å²) in [4.78, 5) is 17.0. The monoisotopic (exact) mass is 266 g/mol. The summed E-state index contributed by atoms with van der Waals surface area (Å²) in [5.74, 6) is 0.507. The molecule has 3 nitrogen and oxygen atoms in total. The largest absolute Gasteiger partial charge is 0.311 e. The van der Waals surface area contributed by atoms with Gasteiger partial charge in [0.15, 0.2) is 5.78 Å². The van der Waals surface area contributed by atoms with Crippen LogP contribution in [0.3, 0.4) is 0 Å². The minimum absolute atomic E-state index is 0.188. The molecule has 1 N–H and O–H groups in total.